The van der Waals surface area contributed by atoms with Gasteiger partial charge in [0.2, 0.25) is 0 Å². The summed E-state index contributed by atoms with van der Waals surface area (Å²) in [6.07, 6.45) is 0.911. The Balaban J connectivity index is 1.74. The van der Waals surface area contributed by atoms with Crippen LogP contribution >= 0.6 is 0 Å². The lowest BCUT2D eigenvalue weighted by Crippen LogP contribution is -2.43. The Labute approximate surface area is 113 Å². The number of carboxylic acids is 1. The average molecular weight is 264 g/mol. The predicted molar refractivity (Wildman–Crippen MR) is 72.8 cm³/mol. The summed E-state index contributed by atoms with van der Waals surface area (Å²) in [5, 5.41) is 12.3. The topological polar surface area (TPSA) is 61.8 Å². The molecule has 0 radical (unpaired) electrons. The number of piperazine rings is 1. The maximum atomic E-state index is 11.0. The van der Waals surface area contributed by atoms with Gasteiger partial charge in [-0.3, -0.25) is 0 Å². The Hall–Kier alpha value is -1.59. The molecule has 1 heterocycles. The van der Waals surface area contributed by atoms with Crippen LogP contribution in [-0.2, 0) is 0 Å². The molecule has 1 aliphatic heterocycles. The monoisotopic (exact) mass is 264 g/mol. The van der Waals surface area contributed by atoms with Crippen LogP contribution in [0.5, 0.6) is 5.75 Å². The van der Waals surface area contributed by atoms with E-state index in [-0.39, 0.29) is 5.56 Å². The van der Waals surface area contributed by atoms with Crippen LogP contribution in [-0.4, -0.2) is 55.3 Å². The van der Waals surface area contributed by atoms with Crippen LogP contribution < -0.4 is 10.1 Å². The maximum absolute atomic E-state index is 11.0. The minimum atomic E-state index is -0.947. The molecule has 5 heteroatoms. The highest BCUT2D eigenvalue weighted by Crippen LogP contribution is 2.17. The molecule has 1 aromatic carbocycles. The van der Waals surface area contributed by atoms with Gasteiger partial charge in [0.25, 0.3) is 0 Å². The Kier molecular flexibility index (Phi) is 5.18. The number of carbonyl (C=O) groups is 1. The molecule has 0 spiro atoms. The Morgan fingerprint density at radius 3 is 2.79 bits per heavy atom. The number of carboxylic acid groups (broad SMARTS) is 1. The summed E-state index contributed by atoms with van der Waals surface area (Å²) < 4.78 is 5.57. The molecule has 104 valence electrons. The van der Waals surface area contributed by atoms with Gasteiger partial charge in [0.1, 0.15) is 11.3 Å². The van der Waals surface area contributed by atoms with Crippen molar-refractivity contribution in [3.8, 4) is 5.75 Å². The number of nitrogens with one attached hydrogen (secondary N) is 1. The van der Waals surface area contributed by atoms with Gasteiger partial charge in [-0.2, -0.15) is 0 Å². The molecule has 1 saturated heterocycles. The van der Waals surface area contributed by atoms with E-state index in [2.05, 4.69) is 10.2 Å². The molecule has 0 atom stereocenters. The predicted octanol–water partition coefficient (Wildman–Crippen LogP) is 1.06. The van der Waals surface area contributed by atoms with Crippen LogP contribution in [0, 0.1) is 0 Å². The largest absolute Gasteiger partial charge is 0.493 e. The van der Waals surface area contributed by atoms with E-state index in [4.69, 9.17) is 9.84 Å². The minimum absolute atomic E-state index is 0.227. The number of hydrogen-bond donors (Lipinski definition) is 2. The van der Waals surface area contributed by atoms with Crippen LogP contribution in [0.2, 0.25) is 0 Å². The van der Waals surface area contributed by atoms with Crippen molar-refractivity contribution in [1.29, 1.82) is 0 Å². The first-order valence-electron chi connectivity index (χ1n) is 6.65. The first-order chi connectivity index (χ1) is 9.27. The highest BCUT2D eigenvalue weighted by molar-refractivity contribution is 5.90. The first-order valence-corrected chi connectivity index (χ1v) is 6.65. The standard InChI is InChI=1S/C14H20N2O3/c17-14(18)12-4-1-2-5-13(12)19-11-3-8-16-9-6-15-7-10-16/h1-2,4-5,15H,3,6-11H2,(H,17,18). The second-order valence-electron chi connectivity index (χ2n) is 4.59. The molecular formula is C14H20N2O3. The Morgan fingerprint density at radius 2 is 2.05 bits per heavy atom. The van der Waals surface area contributed by atoms with Gasteiger partial charge < -0.3 is 20.1 Å². The molecule has 0 bridgehead atoms. The fourth-order valence-electron chi connectivity index (χ4n) is 2.17. The highest BCUT2D eigenvalue weighted by Gasteiger charge is 2.11. The Bertz CT molecular complexity index is 417. The summed E-state index contributed by atoms with van der Waals surface area (Å²) in [5.41, 5.74) is 0.227. The fourth-order valence-corrected chi connectivity index (χ4v) is 2.17. The van der Waals surface area contributed by atoms with Gasteiger partial charge in [0.15, 0.2) is 0 Å². The molecule has 0 amide bonds. The van der Waals surface area contributed by atoms with Crippen molar-refractivity contribution in [1.82, 2.24) is 10.2 Å². The molecule has 1 aliphatic rings. The summed E-state index contributed by atoms with van der Waals surface area (Å²) in [5.74, 6) is -0.493. The van der Waals surface area contributed by atoms with E-state index in [0.717, 1.165) is 39.1 Å². The molecule has 1 fully saturated rings. The van der Waals surface area contributed by atoms with E-state index in [1.54, 1.807) is 24.3 Å². The first kappa shape index (κ1) is 13.8. The van der Waals surface area contributed by atoms with Crippen molar-refractivity contribution in [2.24, 2.45) is 0 Å². The van der Waals surface area contributed by atoms with Gasteiger partial charge in [0, 0.05) is 32.7 Å². The SMILES string of the molecule is O=C(O)c1ccccc1OCCCN1CCNCC1. The molecular weight excluding hydrogens is 244 g/mol. The number of ether oxygens (including phenoxy) is 1. The summed E-state index contributed by atoms with van der Waals surface area (Å²) in [4.78, 5) is 13.4. The second kappa shape index (κ2) is 7.11. The molecule has 0 aromatic heterocycles. The second-order valence-corrected chi connectivity index (χ2v) is 4.59. The zero-order valence-corrected chi connectivity index (χ0v) is 11.0. The van der Waals surface area contributed by atoms with Gasteiger partial charge in [0.05, 0.1) is 6.61 Å². The number of hydrogen-bond acceptors (Lipinski definition) is 4. The zero-order valence-electron chi connectivity index (χ0n) is 11.0. The summed E-state index contributed by atoms with van der Waals surface area (Å²) in [6.45, 7) is 5.79. The van der Waals surface area contributed by atoms with E-state index < -0.39 is 5.97 Å². The van der Waals surface area contributed by atoms with Crippen molar-refractivity contribution in [2.45, 2.75) is 6.42 Å². The molecule has 1 aromatic rings. The molecule has 0 saturated carbocycles. The van der Waals surface area contributed by atoms with Crippen molar-refractivity contribution >= 4 is 5.97 Å². The van der Waals surface area contributed by atoms with Gasteiger partial charge in [-0.1, -0.05) is 12.1 Å². The number of para-hydroxylation sites is 1. The smallest absolute Gasteiger partial charge is 0.339 e. The molecule has 0 aliphatic carbocycles. The third kappa shape index (κ3) is 4.22. The number of rotatable bonds is 6. The molecule has 5 nitrogen and oxygen atoms in total. The van der Waals surface area contributed by atoms with E-state index in [1.165, 1.54) is 0 Å². The third-order valence-electron chi connectivity index (χ3n) is 3.20. The van der Waals surface area contributed by atoms with Crippen LogP contribution in [0.4, 0.5) is 0 Å². The summed E-state index contributed by atoms with van der Waals surface area (Å²) in [6, 6.07) is 6.76. The van der Waals surface area contributed by atoms with Crippen molar-refractivity contribution < 1.29 is 14.6 Å². The van der Waals surface area contributed by atoms with Gasteiger partial charge >= 0.3 is 5.97 Å². The quantitative estimate of drug-likeness (QED) is 0.752. The fraction of sp³-hybridized carbons (Fsp3) is 0.500. The van der Waals surface area contributed by atoms with Crippen molar-refractivity contribution in [2.75, 3.05) is 39.3 Å². The van der Waals surface area contributed by atoms with Gasteiger partial charge in [-0.25, -0.2) is 4.79 Å². The Morgan fingerprint density at radius 1 is 1.32 bits per heavy atom. The van der Waals surface area contributed by atoms with Crippen LogP contribution in [0.25, 0.3) is 0 Å². The average Bonchev–Trinajstić information content (AvgIpc) is 2.45. The van der Waals surface area contributed by atoms with Crippen LogP contribution in [0.1, 0.15) is 16.8 Å². The van der Waals surface area contributed by atoms with Crippen LogP contribution in [0.3, 0.4) is 0 Å². The molecule has 19 heavy (non-hydrogen) atoms. The third-order valence-corrected chi connectivity index (χ3v) is 3.20. The number of benzene rings is 1. The summed E-state index contributed by atoms with van der Waals surface area (Å²) in [7, 11) is 0. The number of nitrogens with zero attached hydrogens (tertiary/aromatic N) is 1. The lowest BCUT2D eigenvalue weighted by atomic mass is 10.2. The van der Waals surface area contributed by atoms with Gasteiger partial charge in [-0.15, -0.1) is 0 Å². The van der Waals surface area contributed by atoms with E-state index in [9.17, 15) is 4.79 Å². The highest BCUT2D eigenvalue weighted by atomic mass is 16.5. The van der Waals surface area contributed by atoms with Gasteiger partial charge in [-0.05, 0) is 18.6 Å². The molecule has 2 rings (SSSR count). The number of aromatic carboxylic acids is 1. The van der Waals surface area contributed by atoms with E-state index in [1.807, 2.05) is 0 Å². The van der Waals surface area contributed by atoms with E-state index in [0.29, 0.717) is 12.4 Å². The molecule has 2 N–H and O–H groups in total. The molecule has 0 unspecified atom stereocenters. The van der Waals surface area contributed by atoms with Crippen molar-refractivity contribution in [3.63, 3.8) is 0 Å². The summed E-state index contributed by atoms with van der Waals surface area (Å²) >= 11 is 0. The van der Waals surface area contributed by atoms with Crippen molar-refractivity contribution in [3.05, 3.63) is 29.8 Å². The zero-order chi connectivity index (χ0) is 13.5. The maximum Gasteiger partial charge on any atom is 0.339 e. The lowest BCUT2D eigenvalue weighted by molar-refractivity contribution is 0.0692. The van der Waals surface area contributed by atoms with E-state index >= 15 is 0 Å². The van der Waals surface area contributed by atoms with Crippen LogP contribution in [0.15, 0.2) is 24.3 Å². The lowest BCUT2D eigenvalue weighted by Gasteiger charge is -2.27. The normalized spacial score (nSPS) is 16.2. The minimum Gasteiger partial charge on any atom is -0.493 e.